The maximum atomic E-state index is 12.0. The van der Waals surface area contributed by atoms with Gasteiger partial charge in [-0.2, -0.15) is 5.10 Å². The molecule has 0 spiro atoms. The van der Waals surface area contributed by atoms with E-state index < -0.39 is 0 Å². The molecule has 1 heterocycles. The predicted molar refractivity (Wildman–Crippen MR) is 121 cm³/mol. The molecule has 6 nitrogen and oxygen atoms in total. The van der Waals surface area contributed by atoms with Crippen LogP contribution in [0.4, 0.5) is 5.69 Å². The molecule has 0 bridgehead atoms. The minimum atomic E-state index is -0.201. The normalized spacial score (nSPS) is 11.1. The summed E-state index contributed by atoms with van der Waals surface area (Å²) in [5.41, 5.74) is 9.73. The Labute approximate surface area is 175 Å². The van der Waals surface area contributed by atoms with E-state index in [0.717, 1.165) is 33.5 Å². The van der Waals surface area contributed by atoms with Gasteiger partial charge in [0.2, 0.25) is 0 Å². The monoisotopic (exact) mass is 397 g/mol. The number of anilines is 1. The molecule has 0 atom stereocenters. The number of carbonyl (C=O) groups excluding carboxylic acids is 1. The van der Waals surface area contributed by atoms with Gasteiger partial charge in [0.05, 0.1) is 23.8 Å². The highest BCUT2D eigenvalue weighted by atomic mass is 16.2. The zero-order valence-electron chi connectivity index (χ0n) is 17.0. The van der Waals surface area contributed by atoms with E-state index in [1.807, 2.05) is 85.4 Å². The number of carbonyl (C=O) groups is 1. The SMILES string of the molecule is Cc1ccc(NCC(=O)N/N=C\c2ccc(-n3cnc4ccccc43)cc2)c(C)c1. The van der Waals surface area contributed by atoms with E-state index in [0.29, 0.717) is 0 Å². The first-order valence-electron chi connectivity index (χ1n) is 9.76. The minimum absolute atomic E-state index is 0.161. The zero-order chi connectivity index (χ0) is 20.9. The second-order valence-corrected chi connectivity index (χ2v) is 7.16. The van der Waals surface area contributed by atoms with Crippen LogP contribution in [0.25, 0.3) is 16.7 Å². The first-order chi connectivity index (χ1) is 14.6. The molecule has 6 heteroatoms. The Morgan fingerprint density at radius 1 is 1.07 bits per heavy atom. The summed E-state index contributed by atoms with van der Waals surface area (Å²) in [6, 6.07) is 22.0. The molecular weight excluding hydrogens is 374 g/mol. The number of aromatic nitrogens is 2. The lowest BCUT2D eigenvalue weighted by atomic mass is 10.1. The van der Waals surface area contributed by atoms with Crippen molar-refractivity contribution in [2.75, 3.05) is 11.9 Å². The number of amides is 1. The molecular formula is C24H23N5O. The van der Waals surface area contributed by atoms with E-state index in [2.05, 4.69) is 26.9 Å². The van der Waals surface area contributed by atoms with Crippen LogP contribution in [0.1, 0.15) is 16.7 Å². The third kappa shape index (κ3) is 4.38. The Morgan fingerprint density at radius 3 is 2.67 bits per heavy atom. The molecule has 0 aliphatic carbocycles. The fourth-order valence-corrected chi connectivity index (χ4v) is 3.29. The van der Waals surface area contributed by atoms with E-state index >= 15 is 0 Å². The van der Waals surface area contributed by atoms with Crippen LogP contribution < -0.4 is 10.7 Å². The fourth-order valence-electron chi connectivity index (χ4n) is 3.29. The molecule has 1 amide bonds. The number of aryl methyl sites for hydroxylation is 2. The highest BCUT2D eigenvalue weighted by molar-refractivity contribution is 5.85. The van der Waals surface area contributed by atoms with Gasteiger partial charge in [-0.1, -0.05) is 42.0 Å². The van der Waals surface area contributed by atoms with Crippen molar-refractivity contribution in [3.05, 3.63) is 89.7 Å². The van der Waals surface area contributed by atoms with E-state index in [1.165, 1.54) is 5.56 Å². The van der Waals surface area contributed by atoms with Crippen molar-refractivity contribution >= 4 is 28.8 Å². The highest BCUT2D eigenvalue weighted by Crippen LogP contribution is 2.18. The van der Waals surface area contributed by atoms with Crippen molar-refractivity contribution < 1.29 is 4.79 Å². The number of hydrazone groups is 1. The highest BCUT2D eigenvalue weighted by Gasteiger charge is 2.04. The lowest BCUT2D eigenvalue weighted by Gasteiger charge is -2.09. The molecule has 0 fully saturated rings. The molecule has 30 heavy (non-hydrogen) atoms. The fraction of sp³-hybridized carbons (Fsp3) is 0.125. The molecule has 0 saturated carbocycles. The summed E-state index contributed by atoms with van der Waals surface area (Å²) >= 11 is 0. The summed E-state index contributed by atoms with van der Waals surface area (Å²) in [6.45, 7) is 4.22. The standard InChI is InChI=1S/C24H23N5O/c1-17-7-12-21(18(2)13-17)25-15-24(30)28-27-14-19-8-10-20(11-9-19)29-16-26-22-5-3-4-6-23(22)29/h3-14,16,25H,15H2,1-2H3,(H,28,30)/b27-14-. The van der Waals surface area contributed by atoms with Crippen molar-refractivity contribution in [1.29, 1.82) is 0 Å². The van der Waals surface area contributed by atoms with Crippen molar-refractivity contribution in [2.45, 2.75) is 13.8 Å². The summed E-state index contributed by atoms with van der Waals surface area (Å²) in [5, 5.41) is 7.18. The smallest absolute Gasteiger partial charge is 0.259 e. The average Bonchev–Trinajstić information content (AvgIpc) is 3.18. The largest absolute Gasteiger partial charge is 0.376 e. The maximum Gasteiger partial charge on any atom is 0.259 e. The Morgan fingerprint density at radius 2 is 1.87 bits per heavy atom. The molecule has 2 N–H and O–H groups in total. The first-order valence-corrected chi connectivity index (χ1v) is 9.76. The number of nitrogens with one attached hydrogen (secondary N) is 2. The van der Waals surface area contributed by atoms with Crippen molar-refractivity contribution in [3.63, 3.8) is 0 Å². The Balaban J connectivity index is 1.33. The second-order valence-electron chi connectivity index (χ2n) is 7.16. The summed E-state index contributed by atoms with van der Waals surface area (Å²) in [6.07, 6.45) is 3.45. The number of imidazole rings is 1. The molecule has 150 valence electrons. The van der Waals surface area contributed by atoms with Gasteiger partial charge in [-0.3, -0.25) is 9.36 Å². The van der Waals surface area contributed by atoms with E-state index in [-0.39, 0.29) is 12.5 Å². The van der Waals surface area contributed by atoms with Crippen LogP contribution in [0.3, 0.4) is 0 Å². The Bertz CT molecular complexity index is 1210. The third-order valence-electron chi connectivity index (χ3n) is 4.85. The molecule has 0 unspecified atom stereocenters. The van der Waals surface area contributed by atoms with Crippen LogP contribution in [-0.2, 0) is 4.79 Å². The van der Waals surface area contributed by atoms with Gasteiger partial charge in [0, 0.05) is 11.4 Å². The third-order valence-corrected chi connectivity index (χ3v) is 4.85. The second kappa shape index (κ2) is 8.61. The lowest BCUT2D eigenvalue weighted by Crippen LogP contribution is -2.26. The van der Waals surface area contributed by atoms with Gasteiger partial charge < -0.3 is 5.32 Å². The molecule has 0 radical (unpaired) electrons. The van der Waals surface area contributed by atoms with Crippen molar-refractivity contribution in [1.82, 2.24) is 15.0 Å². The van der Waals surface area contributed by atoms with Gasteiger partial charge in [0.15, 0.2) is 0 Å². The number of rotatable bonds is 6. The van der Waals surface area contributed by atoms with Crippen LogP contribution in [0.2, 0.25) is 0 Å². The van der Waals surface area contributed by atoms with Crippen LogP contribution in [-0.4, -0.2) is 28.2 Å². The van der Waals surface area contributed by atoms with Gasteiger partial charge in [0.25, 0.3) is 5.91 Å². The van der Waals surface area contributed by atoms with Gasteiger partial charge in [-0.15, -0.1) is 0 Å². The summed E-state index contributed by atoms with van der Waals surface area (Å²) in [5.74, 6) is -0.201. The van der Waals surface area contributed by atoms with Gasteiger partial charge in [-0.05, 0) is 55.3 Å². The van der Waals surface area contributed by atoms with Gasteiger partial charge in [-0.25, -0.2) is 10.4 Å². The predicted octanol–water partition coefficient (Wildman–Crippen LogP) is 4.20. The molecule has 0 saturated heterocycles. The van der Waals surface area contributed by atoms with E-state index in [1.54, 1.807) is 6.21 Å². The van der Waals surface area contributed by atoms with Gasteiger partial charge in [0.1, 0.15) is 6.33 Å². The lowest BCUT2D eigenvalue weighted by molar-refractivity contribution is -0.119. The number of fused-ring (bicyclic) bond motifs is 1. The van der Waals surface area contributed by atoms with Crippen molar-refractivity contribution in [3.8, 4) is 5.69 Å². The number of benzene rings is 3. The molecule has 0 aliphatic heterocycles. The van der Waals surface area contributed by atoms with Crippen LogP contribution in [0, 0.1) is 13.8 Å². The van der Waals surface area contributed by atoms with Crippen molar-refractivity contribution in [2.24, 2.45) is 5.10 Å². The molecule has 1 aromatic heterocycles. The summed E-state index contributed by atoms with van der Waals surface area (Å²) in [7, 11) is 0. The number of para-hydroxylation sites is 2. The van der Waals surface area contributed by atoms with Crippen LogP contribution >= 0.6 is 0 Å². The number of hydrogen-bond donors (Lipinski definition) is 2. The van der Waals surface area contributed by atoms with E-state index in [4.69, 9.17) is 0 Å². The van der Waals surface area contributed by atoms with Gasteiger partial charge >= 0.3 is 0 Å². The first kappa shape index (κ1) is 19.4. The molecule has 4 rings (SSSR count). The quantitative estimate of drug-likeness (QED) is 0.378. The Kier molecular flexibility index (Phi) is 5.57. The number of hydrogen-bond acceptors (Lipinski definition) is 4. The zero-order valence-corrected chi connectivity index (χ0v) is 17.0. The number of nitrogens with zero attached hydrogens (tertiary/aromatic N) is 3. The maximum absolute atomic E-state index is 12.0. The average molecular weight is 397 g/mol. The Hall–Kier alpha value is -3.93. The van der Waals surface area contributed by atoms with E-state index in [9.17, 15) is 4.79 Å². The molecule has 3 aromatic carbocycles. The molecule has 0 aliphatic rings. The minimum Gasteiger partial charge on any atom is -0.376 e. The molecule has 4 aromatic rings. The topological polar surface area (TPSA) is 71.3 Å². The van der Waals surface area contributed by atoms with Crippen LogP contribution in [0.15, 0.2) is 78.2 Å². The summed E-state index contributed by atoms with van der Waals surface area (Å²) in [4.78, 5) is 16.4. The van der Waals surface area contributed by atoms with Crippen LogP contribution in [0.5, 0.6) is 0 Å². The summed E-state index contributed by atoms with van der Waals surface area (Å²) < 4.78 is 2.04.